The highest BCUT2D eigenvalue weighted by Gasteiger charge is 2.35. The number of pyridine rings is 1. The van der Waals surface area contributed by atoms with Crippen molar-refractivity contribution < 1.29 is 9.59 Å². The molecule has 1 unspecified atom stereocenters. The van der Waals surface area contributed by atoms with Crippen molar-refractivity contribution in [2.75, 3.05) is 26.2 Å². The van der Waals surface area contributed by atoms with E-state index in [-0.39, 0.29) is 17.7 Å². The van der Waals surface area contributed by atoms with Gasteiger partial charge in [-0.2, -0.15) is 0 Å². The maximum atomic E-state index is 13.2. The second-order valence-corrected chi connectivity index (χ2v) is 9.22. The van der Waals surface area contributed by atoms with E-state index in [2.05, 4.69) is 9.97 Å². The van der Waals surface area contributed by atoms with Gasteiger partial charge in [-0.25, -0.2) is 4.98 Å². The first-order valence-corrected chi connectivity index (χ1v) is 11.6. The van der Waals surface area contributed by atoms with Crippen LogP contribution in [0.2, 0.25) is 0 Å². The number of fused-ring (bicyclic) bond motifs is 1. The van der Waals surface area contributed by atoms with Crippen molar-refractivity contribution in [3.8, 4) is 0 Å². The lowest BCUT2D eigenvalue weighted by Crippen LogP contribution is -2.49. The van der Waals surface area contributed by atoms with Gasteiger partial charge in [-0.3, -0.25) is 14.6 Å². The second-order valence-electron chi connectivity index (χ2n) is 9.22. The number of hydrogen-bond acceptors (Lipinski definition) is 4. The summed E-state index contributed by atoms with van der Waals surface area (Å²) in [5.41, 5.74) is 1.92. The molecule has 2 aromatic rings. The number of hydrogen-bond donors (Lipinski definition) is 1. The van der Waals surface area contributed by atoms with Crippen LogP contribution in [0, 0.1) is 11.8 Å². The van der Waals surface area contributed by atoms with Crippen LogP contribution in [0.25, 0.3) is 11.0 Å². The molecule has 2 saturated heterocycles. The predicted octanol–water partition coefficient (Wildman–Crippen LogP) is 3.09. The maximum absolute atomic E-state index is 13.2. The molecule has 7 nitrogen and oxygen atoms in total. The number of H-pyrrole nitrogens is 1. The molecule has 1 N–H and O–H groups in total. The molecule has 0 radical (unpaired) electrons. The van der Waals surface area contributed by atoms with E-state index in [0.29, 0.717) is 18.4 Å². The van der Waals surface area contributed by atoms with E-state index in [1.165, 1.54) is 12.8 Å². The van der Waals surface area contributed by atoms with E-state index in [0.717, 1.165) is 75.0 Å². The fraction of sp³-hybridized carbons (Fsp3) is 0.652. The van der Waals surface area contributed by atoms with E-state index in [9.17, 15) is 9.59 Å². The van der Waals surface area contributed by atoms with Gasteiger partial charge in [-0.1, -0.05) is 12.8 Å². The molecule has 1 saturated carbocycles. The Balaban J connectivity index is 1.17. The van der Waals surface area contributed by atoms with Crippen LogP contribution in [-0.4, -0.2) is 62.7 Å². The number of aromatic amines is 1. The van der Waals surface area contributed by atoms with Gasteiger partial charge in [0.15, 0.2) is 0 Å². The van der Waals surface area contributed by atoms with Crippen LogP contribution in [0.4, 0.5) is 0 Å². The third-order valence-electron chi connectivity index (χ3n) is 7.28. The number of carbonyl (C=O) groups is 2. The summed E-state index contributed by atoms with van der Waals surface area (Å²) in [5.74, 6) is 2.07. The molecule has 30 heavy (non-hydrogen) atoms. The monoisotopic (exact) mass is 409 g/mol. The second kappa shape index (κ2) is 8.36. The first-order valence-electron chi connectivity index (χ1n) is 11.6. The molecule has 1 atom stereocenters. The number of piperidine rings is 2. The molecule has 3 aliphatic rings. The lowest BCUT2D eigenvalue weighted by Gasteiger charge is -2.38. The number of carbonyl (C=O) groups excluding carboxylic acids is 2. The highest BCUT2D eigenvalue weighted by Crippen LogP contribution is 2.31. The summed E-state index contributed by atoms with van der Waals surface area (Å²) in [6.07, 6.45) is 11.7. The van der Waals surface area contributed by atoms with E-state index < -0.39 is 0 Å². The first kappa shape index (κ1) is 19.5. The lowest BCUT2D eigenvalue weighted by molar-refractivity contribution is -0.143. The molecule has 3 fully saturated rings. The average Bonchev–Trinajstić information content (AvgIpc) is 3.48. The van der Waals surface area contributed by atoms with Crippen molar-refractivity contribution >= 4 is 22.8 Å². The zero-order valence-electron chi connectivity index (χ0n) is 17.6. The minimum Gasteiger partial charge on any atom is -0.342 e. The summed E-state index contributed by atoms with van der Waals surface area (Å²) in [6.45, 7) is 2.98. The topological polar surface area (TPSA) is 82.2 Å². The molecule has 7 heteroatoms. The van der Waals surface area contributed by atoms with Gasteiger partial charge in [-0.05, 0) is 44.6 Å². The van der Waals surface area contributed by atoms with Crippen molar-refractivity contribution in [2.45, 2.75) is 57.3 Å². The van der Waals surface area contributed by atoms with Gasteiger partial charge in [-0.15, -0.1) is 0 Å². The van der Waals surface area contributed by atoms with E-state index in [1.54, 1.807) is 6.20 Å². The molecule has 1 aliphatic carbocycles. The zero-order valence-corrected chi connectivity index (χ0v) is 17.6. The zero-order chi connectivity index (χ0) is 20.5. The molecule has 2 aromatic heterocycles. The Morgan fingerprint density at radius 1 is 0.900 bits per heavy atom. The van der Waals surface area contributed by atoms with E-state index in [1.807, 2.05) is 22.1 Å². The van der Waals surface area contributed by atoms with E-state index in [4.69, 9.17) is 4.98 Å². The van der Waals surface area contributed by atoms with Crippen LogP contribution in [0.1, 0.15) is 63.1 Å². The quantitative estimate of drug-likeness (QED) is 0.845. The molecule has 0 bridgehead atoms. The number of aromatic nitrogens is 3. The van der Waals surface area contributed by atoms with Gasteiger partial charge in [0.05, 0.1) is 23.1 Å². The SMILES string of the molecule is O=C(C1CCCN(C(=O)C2CCCC2)C1)N1CCC(c2nc3ccncc3[nH]2)CC1. The van der Waals surface area contributed by atoms with Crippen molar-refractivity contribution in [3.05, 3.63) is 24.3 Å². The highest BCUT2D eigenvalue weighted by atomic mass is 16.2. The van der Waals surface area contributed by atoms with Gasteiger partial charge < -0.3 is 14.8 Å². The molecule has 4 heterocycles. The predicted molar refractivity (Wildman–Crippen MR) is 114 cm³/mol. The van der Waals surface area contributed by atoms with Crippen LogP contribution in [0.3, 0.4) is 0 Å². The van der Waals surface area contributed by atoms with Crippen molar-refractivity contribution in [1.82, 2.24) is 24.8 Å². The molecule has 5 rings (SSSR count). The van der Waals surface area contributed by atoms with E-state index >= 15 is 0 Å². The first-order chi connectivity index (χ1) is 14.7. The number of amides is 2. The molecule has 2 aliphatic heterocycles. The van der Waals surface area contributed by atoms with Crippen LogP contribution < -0.4 is 0 Å². The normalized spacial score (nSPS) is 23.9. The average molecular weight is 410 g/mol. The van der Waals surface area contributed by atoms with Crippen molar-refractivity contribution in [1.29, 1.82) is 0 Å². The van der Waals surface area contributed by atoms with Gasteiger partial charge in [0.2, 0.25) is 11.8 Å². The standard InChI is InChI=1S/C23H31N5O2/c29-22(17-4-1-2-5-17)28-11-3-6-18(15-28)23(30)27-12-8-16(9-13-27)21-25-19-7-10-24-14-20(19)26-21/h7,10,14,16-18H,1-6,8-9,11-13,15H2,(H,25,26). The Labute approximate surface area is 177 Å². The lowest BCUT2D eigenvalue weighted by atomic mass is 9.92. The van der Waals surface area contributed by atoms with Crippen LogP contribution in [0.15, 0.2) is 18.5 Å². The molecular weight excluding hydrogens is 378 g/mol. The van der Waals surface area contributed by atoms with Crippen LogP contribution in [0.5, 0.6) is 0 Å². The molecular formula is C23H31N5O2. The molecule has 2 amide bonds. The Morgan fingerprint density at radius 3 is 2.40 bits per heavy atom. The number of likely N-dealkylation sites (tertiary alicyclic amines) is 2. The Kier molecular flexibility index (Phi) is 5.44. The molecule has 0 aromatic carbocycles. The third-order valence-corrected chi connectivity index (χ3v) is 7.28. The highest BCUT2D eigenvalue weighted by molar-refractivity contribution is 5.82. The Bertz CT molecular complexity index is 878. The summed E-state index contributed by atoms with van der Waals surface area (Å²) in [6, 6.07) is 1.93. The van der Waals surface area contributed by atoms with Crippen LogP contribution >= 0.6 is 0 Å². The minimum atomic E-state index is -0.0297. The van der Waals surface area contributed by atoms with Crippen molar-refractivity contribution in [2.24, 2.45) is 11.8 Å². The summed E-state index contributed by atoms with van der Waals surface area (Å²) >= 11 is 0. The fourth-order valence-electron chi connectivity index (χ4n) is 5.51. The minimum absolute atomic E-state index is 0.0297. The van der Waals surface area contributed by atoms with Gasteiger partial charge in [0.25, 0.3) is 0 Å². The van der Waals surface area contributed by atoms with Crippen molar-refractivity contribution in [3.63, 3.8) is 0 Å². The summed E-state index contributed by atoms with van der Waals surface area (Å²) < 4.78 is 0. The largest absolute Gasteiger partial charge is 0.342 e. The number of rotatable bonds is 3. The van der Waals surface area contributed by atoms with Gasteiger partial charge in [0.1, 0.15) is 5.82 Å². The number of imidazole rings is 1. The summed E-state index contributed by atoms with van der Waals surface area (Å²) in [5, 5.41) is 0. The Hall–Kier alpha value is -2.44. The molecule has 0 spiro atoms. The summed E-state index contributed by atoms with van der Waals surface area (Å²) in [4.78, 5) is 42.3. The third kappa shape index (κ3) is 3.82. The molecule has 160 valence electrons. The van der Waals surface area contributed by atoms with Gasteiger partial charge in [0, 0.05) is 44.2 Å². The fourth-order valence-corrected chi connectivity index (χ4v) is 5.51. The Morgan fingerprint density at radius 2 is 1.63 bits per heavy atom. The van der Waals surface area contributed by atoms with Gasteiger partial charge >= 0.3 is 0 Å². The smallest absolute Gasteiger partial charge is 0.227 e. The summed E-state index contributed by atoms with van der Waals surface area (Å²) in [7, 11) is 0. The van der Waals surface area contributed by atoms with Crippen LogP contribution in [-0.2, 0) is 9.59 Å². The number of nitrogens with zero attached hydrogens (tertiary/aromatic N) is 4. The number of nitrogens with one attached hydrogen (secondary N) is 1. The maximum Gasteiger partial charge on any atom is 0.227 e.